The summed E-state index contributed by atoms with van der Waals surface area (Å²) >= 11 is 0. The van der Waals surface area contributed by atoms with Gasteiger partial charge in [0, 0.05) is 11.3 Å². The van der Waals surface area contributed by atoms with E-state index in [2.05, 4.69) is 0 Å². The molecule has 0 aromatic heterocycles. The summed E-state index contributed by atoms with van der Waals surface area (Å²) in [7, 11) is -3.64. The molecule has 0 bridgehead atoms. The quantitative estimate of drug-likeness (QED) is 0.198. The fraction of sp³-hybridized carbons (Fsp3) is 0.0323. The lowest BCUT2D eigenvalue weighted by Crippen LogP contribution is -2.26. The third kappa shape index (κ3) is 4.35. The van der Waals surface area contributed by atoms with Crippen LogP contribution in [0.1, 0.15) is 5.56 Å². The van der Waals surface area contributed by atoms with Gasteiger partial charge in [-0.2, -0.15) is 0 Å². The molecule has 1 unspecified atom stereocenters. The van der Waals surface area contributed by atoms with Crippen molar-refractivity contribution in [1.82, 2.24) is 0 Å². The average molecular weight is 506 g/mol. The molecule has 6 heteroatoms. The average Bonchev–Trinajstić information content (AvgIpc) is 2.92. The predicted molar refractivity (Wildman–Crippen MR) is 148 cm³/mol. The molecular weight excluding hydrogens is 481 g/mol. The topological polar surface area (TPSA) is 70.8 Å². The van der Waals surface area contributed by atoms with E-state index in [0.29, 0.717) is 45.0 Å². The maximum Gasteiger partial charge on any atom is 0.311 e. The number of aryl methyl sites for hydroxylation is 1. The zero-order chi connectivity index (χ0) is 25.4. The number of nitrogens with two attached hydrogens (primary N) is 1. The number of anilines is 1. The Kier molecular flexibility index (Phi) is 5.71. The van der Waals surface area contributed by atoms with Gasteiger partial charge in [-0.1, -0.05) is 54.1 Å². The second-order valence-electron chi connectivity index (χ2n) is 8.87. The van der Waals surface area contributed by atoms with Crippen LogP contribution in [0.2, 0.25) is 0 Å². The van der Waals surface area contributed by atoms with Crippen LogP contribution in [-0.2, 0) is 4.57 Å². The molecule has 2 N–H and O–H groups in total. The van der Waals surface area contributed by atoms with Crippen LogP contribution in [0.3, 0.4) is 0 Å². The van der Waals surface area contributed by atoms with Crippen molar-refractivity contribution in [1.29, 1.82) is 0 Å². The Morgan fingerprint density at radius 2 is 1.27 bits per heavy atom. The lowest BCUT2D eigenvalue weighted by atomic mass is 10.0. The van der Waals surface area contributed by atoms with Gasteiger partial charge in [-0.05, 0) is 79.2 Å². The van der Waals surface area contributed by atoms with E-state index in [4.69, 9.17) is 19.7 Å². The fourth-order valence-electron chi connectivity index (χ4n) is 4.38. The smallest absolute Gasteiger partial charge is 0.311 e. The van der Waals surface area contributed by atoms with Crippen LogP contribution in [0.15, 0.2) is 115 Å². The largest absolute Gasteiger partial charge is 0.457 e. The maximum absolute atomic E-state index is 15.0. The standard InChI is InChI=1S/C31H24NO4P/c1-21-10-14-23(15-11-21)34-25-18-19-29(35-24-16-12-22(32)13-17-24)31(20-25)37(33)30-9-5-3-7-27(30)26-6-2-4-8-28(26)36-37/h2-20H,32H2,1H3. The Labute approximate surface area is 215 Å². The molecule has 1 atom stereocenters. The van der Waals surface area contributed by atoms with Crippen LogP contribution < -0.4 is 30.3 Å². The molecule has 0 fully saturated rings. The number of fused-ring (bicyclic) bond motifs is 3. The minimum absolute atomic E-state index is 0.413. The molecule has 5 nitrogen and oxygen atoms in total. The minimum Gasteiger partial charge on any atom is -0.457 e. The van der Waals surface area contributed by atoms with E-state index < -0.39 is 7.37 Å². The van der Waals surface area contributed by atoms with Gasteiger partial charge in [-0.3, -0.25) is 4.57 Å². The number of hydrogen-bond acceptors (Lipinski definition) is 5. The van der Waals surface area contributed by atoms with Gasteiger partial charge in [0.15, 0.2) is 0 Å². The van der Waals surface area contributed by atoms with Gasteiger partial charge in [0.05, 0.1) is 10.6 Å². The molecule has 1 aliphatic heterocycles. The molecule has 0 saturated carbocycles. The number of benzene rings is 5. The maximum atomic E-state index is 15.0. The van der Waals surface area contributed by atoms with Crippen LogP contribution in [0, 0.1) is 6.92 Å². The Balaban J connectivity index is 1.50. The molecule has 6 rings (SSSR count). The SMILES string of the molecule is Cc1ccc(Oc2ccc(Oc3ccc(N)cc3)c(P3(=O)Oc4ccccc4-c4ccccc43)c2)cc1. The number of rotatable bonds is 5. The van der Waals surface area contributed by atoms with Crippen molar-refractivity contribution in [2.75, 3.05) is 5.73 Å². The van der Waals surface area contributed by atoms with Crippen LogP contribution >= 0.6 is 7.37 Å². The molecule has 182 valence electrons. The van der Waals surface area contributed by atoms with Crippen molar-refractivity contribution in [3.8, 4) is 39.9 Å². The molecule has 0 aliphatic carbocycles. The highest BCUT2D eigenvalue weighted by molar-refractivity contribution is 7.75. The predicted octanol–water partition coefficient (Wildman–Crippen LogP) is 7.45. The zero-order valence-corrected chi connectivity index (χ0v) is 21.0. The van der Waals surface area contributed by atoms with Crippen LogP contribution in [-0.4, -0.2) is 0 Å². The van der Waals surface area contributed by atoms with Crippen LogP contribution in [0.5, 0.6) is 28.7 Å². The molecule has 0 spiro atoms. The first-order valence-electron chi connectivity index (χ1n) is 11.9. The van der Waals surface area contributed by atoms with E-state index in [1.165, 1.54) is 0 Å². The Bertz CT molecular complexity index is 1650. The first-order valence-corrected chi connectivity index (χ1v) is 13.5. The first kappa shape index (κ1) is 23.0. The summed E-state index contributed by atoms with van der Waals surface area (Å²) in [4.78, 5) is 0. The molecular formula is C31H24NO4P. The van der Waals surface area contributed by atoms with Crippen molar-refractivity contribution in [3.05, 3.63) is 121 Å². The van der Waals surface area contributed by atoms with E-state index in [1.807, 2.05) is 79.7 Å². The van der Waals surface area contributed by atoms with Crippen molar-refractivity contribution < 1.29 is 18.6 Å². The molecule has 0 amide bonds. The Morgan fingerprint density at radius 1 is 0.649 bits per heavy atom. The second kappa shape index (κ2) is 9.20. The molecule has 1 heterocycles. The van der Waals surface area contributed by atoms with Gasteiger partial charge < -0.3 is 19.7 Å². The molecule has 37 heavy (non-hydrogen) atoms. The summed E-state index contributed by atoms with van der Waals surface area (Å²) in [5, 5.41) is 1.03. The Hall–Kier alpha value is -4.47. The molecule has 0 saturated heterocycles. The highest BCUT2D eigenvalue weighted by Gasteiger charge is 2.40. The summed E-state index contributed by atoms with van der Waals surface area (Å²) < 4.78 is 33.7. The molecule has 0 radical (unpaired) electrons. The highest BCUT2D eigenvalue weighted by Crippen LogP contribution is 2.55. The number of hydrogen-bond donors (Lipinski definition) is 1. The third-order valence-electron chi connectivity index (χ3n) is 6.24. The minimum atomic E-state index is -3.64. The monoisotopic (exact) mass is 505 g/mol. The summed E-state index contributed by atoms with van der Waals surface area (Å²) in [6.07, 6.45) is 0. The summed E-state index contributed by atoms with van der Waals surface area (Å²) in [5.41, 5.74) is 9.39. The number of nitrogen functional groups attached to an aromatic ring is 1. The van der Waals surface area contributed by atoms with E-state index in [9.17, 15) is 4.57 Å². The van der Waals surface area contributed by atoms with E-state index in [0.717, 1.165) is 16.7 Å². The van der Waals surface area contributed by atoms with Crippen molar-refractivity contribution in [2.45, 2.75) is 6.92 Å². The van der Waals surface area contributed by atoms with Gasteiger partial charge in [0.2, 0.25) is 0 Å². The molecule has 5 aromatic carbocycles. The molecule has 1 aliphatic rings. The van der Waals surface area contributed by atoms with Crippen molar-refractivity contribution in [2.24, 2.45) is 0 Å². The van der Waals surface area contributed by atoms with Gasteiger partial charge in [0.25, 0.3) is 0 Å². The summed E-state index contributed by atoms with van der Waals surface area (Å²) in [6, 6.07) is 35.4. The van der Waals surface area contributed by atoms with Gasteiger partial charge in [-0.25, -0.2) is 0 Å². The van der Waals surface area contributed by atoms with Gasteiger partial charge >= 0.3 is 7.37 Å². The van der Waals surface area contributed by atoms with Crippen molar-refractivity contribution in [3.63, 3.8) is 0 Å². The molecule has 5 aromatic rings. The van der Waals surface area contributed by atoms with Crippen molar-refractivity contribution >= 4 is 23.7 Å². The van der Waals surface area contributed by atoms with E-state index in [1.54, 1.807) is 42.5 Å². The lowest BCUT2D eigenvalue weighted by Gasteiger charge is -2.30. The Morgan fingerprint density at radius 3 is 2.05 bits per heavy atom. The van der Waals surface area contributed by atoms with Gasteiger partial charge in [-0.15, -0.1) is 0 Å². The fourth-order valence-corrected chi connectivity index (χ4v) is 6.77. The second-order valence-corrected chi connectivity index (χ2v) is 11.1. The van der Waals surface area contributed by atoms with Gasteiger partial charge in [0.1, 0.15) is 28.7 Å². The lowest BCUT2D eigenvalue weighted by molar-refractivity contribution is 0.467. The van der Waals surface area contributed by atoms with E-state index >= 15 is 0 Å². The highest BCUT2D eigenvalue weighted by atomic mass is 31.2. The first-order chi connectivity index (χ1) is 18.0. The summed E-state index contributed by atoms with van der Waals surface area (Å²) in [6.45, 7) is 2.02. The number of ether oxygens (including phenoxy) is 2. The van der Waals surface area contributed by atoms with Crippen LogP contribution in [0.4, 0.5) is 5.69 Å². The third-order valence-corrected chi connectivity index (χ3v) is 8.70. The van der Waals surface area contributed by atoms with E-state index in [-0.39, 0.29) is 0 Å². The number of para-hydroxylation sites is 1. The summed E-state index contributed by atoms with van der Waals surface area (Å²) in [5.74, 6) is 2.75. The normalized spacial score (nSPS) is 15.7. The van der Waals surface area contributed by atoms with Crippen LogP contribution in [0.25, 0.3) is 11.1 Å². The zero-order valence-electron chi connectivity index (χ0n) is 20.1.